The van der Waals surface area contributed by atoms with E-state index >= 15 is 0 Å². The maximum absolute atomic E-state index is 12.0. The first-order chi connectivity index (χ1) is 10.0. The van der Waals surface area contributed by atoms with Crippen molar-refractivity contribution >= 4 is 11.9 Å². The molecule has 0 aliphatic rings. The first-order valence-electron chi connectivity index (χ1n) is 7.10. The zero-order chi connectivity index (χ0) is 15.7. The van der Waals surface area contributed by atoms with Crippen molar-refractivity contribution < 1.29 is 19.1 Å². The van der Waals surface area contributed by atoms with E-state index in [1.165, 1.54) is 7.11 Å². The summed E-state index contributed by atoms with van der Waals surface area (Å²) in [5, 5.41) is 2.77. The first-order valence-corrected chi connectivity index (χ1v) is 7.10. The fourth-order valence-electron chi connectivity index (χ4n) is 1.63. The molecule has 1 amide bonds. The predicted octanol–water partition coefficient (Wildman–Crippen LogP) is 2.40. The van der Waals surface area contributed by atoms with E-state index in [1.807, 2.05) is 6.07 Å². The lowest BCUT2D eigenvalue weighted by molar-refractivity contribution is -0.140. The molecule has 116 valence electrons. The average Bonchev–Trinajstić information content (AvgIpc) is 2.49. The molecule has 0 atom stereocenters. The van der Waals surface area contributed by atoms with E-state index in [0.717, 1.165) is 0 Å². The smallest absolute Gasteiger partial charge is 0.305 e. The molecule has 5 nitrogen and oxygen atoms in total. The van der Waals surface area contributed by atoms with Crippen LogP contribution in [-0.4, -0.2) is 32.1 Å². The van der Waals surface area contributed by atoms with Crippen molar-refractivity contribution in [3.63, 3.8) is 0 Å². The van der Waals surface area contributed by atoms with Gasteiger partial charge in [-0.1, -0.05) is 19.9 Å². The molecule has 0 aliphatic carbocycles. The van der Waals surface area contributed by atoms with Gasteiger partial charge in [-0.2, -0.15) is 0 Å². The van der Waals surface area contributed by atoms with E-state index in [9.17, 15) is 9.59 Å². The van der Waals surface area contributed by atoms with E-state index in [2.05, 4.69) is 23.9 Å². The number of hydrogen-bond donors (Lipinski definition) is 1. The van der Waals surface area contributed by atoms with Gasteiger partial charge in [0.1, 0.15) is 5.75 Å². The fourth-order valence-corrected chi connectivity index (χ4v) is 1.63. The number of carbonyl (C=O) groups is 2. The number of nitrogens with one attached hydrogen (secondary N) is 1. The number of methoxy groups -OCH3 is 1. The summed E-state index contributed by atoms with van der Waals surface area (Å²) in [6.07, 6.45) is 0.857. The largest absolute Gasteiger partial charge is 0.493 e. The molecular weight excluding hydrogens is 270 g/mol. The number of carbonyl (C=O) groups excluding carboxylic acids is 2. The maximum Gasteiger partial charge on any atom is 0.305 e. The summed E-state index contributed by atoms with van der Waals surface area (Å²) in [5.41, 5.74) is 0.550. The van der Waals surface area contributed by atoms with Crippen LogP contribution in [0, 0.1) is 5.92 Å². The summed E-state index contributed by atoms with van der Waals surface area (Å²) in [6.45, 7) is 5.19. The van der Waals surface area contributed by atoms with Gasteiger partial charge in [-0.3, -0.25) is 9.59 Å². The molecule has 0 unspecified atom stereocenters. The Balaban J connectivity index is 2.43. The van der Waals surface area contributed by atoms with Gasteiger partial charge < -0.3 is 14.8 Å². The molecule has 0 spiro atoms. The van der Waals surface area contributed by atoms with Crippen molar-refractivity contribution in [3.8, 4) is 5.75 Å². The highest BCUT2D eigenvalue weighted by Crippen LogP contribution is 2.14. The Morgan fingerprint density at radius 3 is 2.71 bits per heavy atom. The summed E-state index contributed by atoms with van der Waals surface area (Å²) in [6, 6.07) is 7.07. The third-order valence-corrected chi connectivity index (χ3v) is 2.75. The van der Waals surface area contributed by atoms with Crippen LogP contribution in [0.3, 0.4) is 0 Å². The highest BCUT2D eigenvalue weighted by atomic mass is 16.5. The lowest BCUT2D eigenvalue weighted by Crippen LogP contribution is -2.25. The third kappa shape index (κ3) is 6.79. The van der Waals surface area contributed by atoms with Crippen molar-refractivity contribution in [2.75, 3.05) is 20.3 Å². The minimum Gasteiger partial charge on any atom is -0.493 e. The standard InChI is InChI=1S/C16H23NO4/c1-12(2)11-21-14-7-4-6-13(10-14)16(19)17-9-5-8-15(18)20-3/h4,6-7,10,12H,5,8-9,11H2,1-3H3,(H,17,19). The number of amides is 1. The second-order valence-corrected chi connectivity index (χ2v) is 5.17. The van der Waals surface area contributed by atoms with E-state index in [-0.39, 0.29) is 11.9 Å². The maximum atomic E-state index is 12.0. The van der Waals surface area contributed by atoms with E-state index in [0.29, 0.717) is 43.2 Å². The van der Waals surface area contributed by atoms with Gasteiger partial charge in [0, 0.05) is 18.5 Å². The third-order valence-electron chi connectivity index (χ3n) is 2.75. The quantitative estimate of drug-likeness (QED) is 0.590. The number of esters is 1. The Hall–Kier alpha value is -2.04. The minimum atomic E-state index is -0.270. The van der Waals surface area contributed by atoms with Gasteiger partial charge in [0.25, 0.3) is 5.91 Å². The normalized spacial score (nSPS) is 10.3. The number of rotatable bonds is 8. The number of benzene rings is 1. The molecule has 0 aromatic heterocycles. The summed E-state index contributed by atoms with van der Waals surface area (Å²) < 4.78 is 10.1. The Morgan fingerprint density at radius 2 is 2.05 bits per heavy atom. The first kappa shape index (κ1) is 17.0. The zero-order valence-corrected chi connectivity index (χ0v) is 12.8. The molecule has 0 saturated heterocycles. The highest BCUT2D eigenvalue weighted by Gasteiger charge is 2.07. The van der Waals surface area contributed by atoms with Crippen LogP contribution >= 0.6 is 0 Å². The van der Waals surface area contributed by atoms with Gasteiger partial charge in [0.05, 0.1) is 13.7 Å². The van der Waals surface area contributed by atoms with Crippen molar-refractivity contribution in [2.24, 2.45) is 5.92 Å². The fraction of sp³-hybridized carbons (Fsp3) is 0.500. The van der Waals surface area contributed by atoms with Crippen LogP contribution in [0.5, 0.6) is 5.75 Å². The summed E-state index contributed by atoms with van der Waals surface area (Å²) in [7, 11) is 1.35. The van der Waals surface area contributed by atoms with Gasteiger partial charge in [-0.05, 0) is 30.5 Å². The molecule has 1 aromatic rings. The van der Waals surface area contributed by atoms with Gasteiger partial charge in [0.15, 0.2) is 0 Å². The average molecular weight is 293 g/mol. The topological polar surface area (TPSA) is 64.6 Å². The number of hydrogen-bond acceptors (Lipinski definition) is 4. The van der Waals surface area contributed by atoms with Gasteiger partial charge >= 0.3 is 5.97 Å². The predicted molar refractivity (Wildman–Crippen MR) is 80.4 cm³/mol. The zero-order valence-electron chi connectivity index (χ0n) is 12.8. The van der Waals surface area contributed by atoms with Crippen LogP contribution in [0.1, 0.15) is 37.0 Å². The molecule has 5 heteroatoms. The van der Waals surface area contributed by atoms with Crippen LogP contribution in [0.2, 0.25) is 0 Å². The Labute approximate surface area is 125 Å². The monoisotopic (exact) mass is 293 g/mol. The lowest BCUT2D eigenvalue weighted by Gasteiger charge is -2.10. The molecule has 1 rings (SSSR count). The van der Waals surface area contributed by atoms with Crippen molar-refractivity contribution in [1.29, 1.82) is 0 Å². The second kappa shape index (κ2) is 9.00. The van der Waals surface area contributed by atoms with E-state index in [4.69, 9.17) is 4.74 Å². The molecular formula is C16H23NO4. The van der Waals surface area contributed by atoms with Gasteiger partial charge in [-0.25, -0.2) is 0 Å². The second-order valence-electron chi connectivity index (χ2n) is 5.17. The minimum absolute atomic E-state index is 0.171. The Morgan fingerprint density at radius 1 is 1.29 bits per heavy atom. The van der Waals surface area contributed by atoms with E-state index in [1.54, 1.807) is 18.2 Å². The van der Waals surface area contributed by atoms with Crippen molar-refractivity contribution in [1.82, 2.24) is 5.32 Å². The SMILES string of the molecule is COC(=O)CCCNC(=O)c1cccc(OCC(C)C)c1. The molecule has 0 aliphatic heterocycles. The van der Waals surface area contributed by atoms with Crippen LogP contribution < -0.4 is 10.1 Å². The van der Waals surface area contributed by atoms with Crippen LogP contribution in [0.15, 0.2) is 24.3 Å². The van der Waals surface area contributed by atoms with Crippen LogP contribution in [-0.2, 0) is 9.53 Å². The molecule has 0 heterocycles. The van der Waals surface area contributed by atoms with Gasteiger partial charge in [0.2, 0.25) is 0 Å². The molecule has 1 aromatic carbocycles. The Kier molecular flexibility index (Phi) is 7.29. The summed E-state index contributed by atoms with van der Waals surface area (Å²) >= 11 is 0. The summed E-state index contributed by atoms with van der Waals surface area (Å²) in [5.74, 6) is 0.676. The lowest BCUT2D eigenvalue weighted by atomic mass is 10.2. The Bertz CT molecular complexity index is 471. The molecule has 21 heavy (non-hydrogen) atoms. The van der Waals surface area contributed by atoms with Crippen molar-refractivity contribution in [3.05, 3.63) is 29.8 Å². The summed E-state index contributed by atoms with van der Waals surface area (Å²) in [4.78, 5) is 22.9. The van der Waals surface area contributed by atoms with Crippen molar-refractivity contribution in [2.45, 2.75) is 26.7 Å². The molecule has 1 N–H and O–H groups in total. The number of ether oxygens (including phenoxy) is 2. The molecule has 0 bridgehead atoms. The van der Waals surface area contributed by atoms with Crippen LogP contribution in [0.4, 0.5) is 0 Å². The van der Waals surface area contributed by atoms with Gasteiger partial charge in [-0.15, -0.1) is 0 Å². The van der Waals surface area contributed by atoms with Crippen LogP contribution in [0.25, 0.3) is 0 Å². The molecule has 0 radical (unpaired) electrons. The van der Waals surface area contributed by atoms with E-state index < -0.39 is 0 Å². The molecule has 0 fully saturated rings. The molecule has 0 saturated carbocycles. The highest BCUT2D eigenvalue weighted by molar-refractivity contribution is 5.94.